The van der Waals surface area contributed by atoms with E-state index in [-0.39, 0.29) is 24.5 Å². The first kappa shape index (κ1) is 14.1. The highest BCUT2D eigenvalue weighted by Crippen LogP contribution is 2.32. The van der Waals surface area contributed by atoms with E-state index in [1.165, 1.54) is 6.07 Å². The molecule has 0 N–H and O–H groups in total. The summed E-state index contributed by atoms with van der Waals surface area (Å²) in [6.45, 7) is 2.91. The third-order valence-electron chi connectivity index (χ3n) is 2.99. The second-order valence-corrected chi connectivity index (χ2v) is 4.27. The minimum Gasteiger partial charge on any atom is -0.486 e. The Balaban J connectivity index is 2.20. The van der Waals surface area contributed by atoms with E-state index in [1.807, 2.05) is 6.07 Å². The summed E-state index contributed by atoms with van der Waals surface area (Å²) in [4.78, 5) is 12.6. The number of rotatable bonds is 5. The largest absolute Gasteiger partial charge is 0.486 e. The van der Waals surface area contributed by atoms with Crippen molar-refractivity contribution >= 4 is 11.4 Å². The van der Waals surface area contributed by atoms with Gasteiger partial charge < -0.3 is 14.4 Å². The Morgan fingerprint density at radius 3 is 2.85 bits per heavy atom. The third kappa shape index (κ3) is 3.36. The molecule has 1 heterocycles. The van der Waals surface area contributed by atoms with E-state index in [0.717, 1.165) is 18.8 Å². The second kappa shape index (κ2) is 6.73. The number of hydrogen-bond donors (Lipinski definition) is 0. The Kier molecular flexibility index (Phi) is 4.74. The van der Waals surface area contributed by atoms with Gasteiger partial charge in [0.2, 0.25) is 0 Å². The van der Waals surface area contributed by atoms with Crippen LogP contribution in [0.1, 0.15) is 6.42 Å². The van der Waals surface area contributed by atoms with E-state index in [1.54, 1.807) is 12.1 Å². The molecule has 0 spiro atoms. The fourth-order valence-electron chi connectivity index (χ4n) is 1.99. The zero-order chi connectivity index (χ0) is 14.4. The molecular weight excluding hydrogens is 262 g/mol. The summed E-state index contributed by atoms with van der Waals surface area (Å²) in [5.41, 5.74) is 0.783. The number of nitro groups is 1. The first-order valence-corrected chi connectivity index (χ1v) is 6.33. The van der Waals surface area contributed by atoms with E-state index in [2.05, 4.69) is 4.90 Å². The molecule has 0 atom stereocenters. The van der Waals surface area contributed by atoms with Gasteiger partial charge in [-0.2, -0.15) is 5.26 Å². The van der Waals surface area contributed by atoms with Crippen LogP contribution in [0.3, 0.4) is 0 Å². The maximum absolute atomic E-state index is 11.0. The van der Waals surface area contributed by atoms with E-state index < -0.39 is 4.92 Å². The monoisotopic (exact) mass is 277 g/mol. The minimum absolute atomic E-state index is 0.0834. The second-order valence-electron chi connectivity index (χ2n) is 4.27. The zero-order valence-electron chi connectivity index (χ0n) is 10.9. The van der Waals surface area contributed by atoms with Gasteiger partial charge in [-0.1, -0.05) is 0 Å². The molecule has 1 fully saturated rings. The van der Waals surface area contributed by atoms with Crippen molar-refractivity contribution in [3.63, 3.8) is 0 Å². The standard InChI is InChI=1S/C13H15N3O4/c14-4-1-7-20-13-10-11(2-3-12(13)16(17)18)15-5-8-19-9-6-15/h2-3,10H,1,5-9H2. The predicted molar refractivity (Wildman–Crippen MR) is 71.9 cm³/mol. The SMILES string of the molecule is N#CCCOc1cc(N2CCOCC2)ccc1[N+](=O)[O-]. The number of anilines is 1. The van der Waals surface area contributed by atoms with Gasteiger partial charge in [0.05, 0.1) is 30.6 Å². The summed E-state index contributed by atoms with van der Waals surface area (Å²) < 4.78 is 10.6. The van der Waals surface area contributed by atoms with Crippen LogP contribution in [0.15, 0.2) is 18.2 Å². The maximum Gasteiger partial charge on any atom is 0.311 e. The molecule has 1 aliphatic rings. The van der Waals surface area contributed by atoms with Crippen LogP contribution in [0.5, 0.6) is 5.75 Å². The van der Waals surface area contributed by atoms with Gasteiger partial charge in [0.15, 0.2) is 5.75 Å². The highest BCUT2D eigenvalue weighted by Gasteiger charge is 2.19. The Labute approximate surface area is 116 Å². The average Bonchev–Trinajstić information content (AvgIpc) is 2.48. The first-order chi connectivity index (χ1) is 9.72. The minimum atomic E-state index is -0.481. The Hall–Kier alpha value is -2.33. The van der Waals surface area contributed by atoms with Gasteiger partial charge in [0.25, 0.3) is 0 Å². The van der Waals surface area contributed by atoms with Gasteiger partial charge in [-0.05, 0) is 6.07 Å². The molecule has 2 rings (SSSR count). The fraction of sp³-hybridized carbons (Fsp3) is 0.462. The van der Waals surface area contributed by atoms with Gasteiger partial charge in [0, 0.05) is 30.9 Å². The molecule has 0 unspecified atom stereocenters. The third-order valence-corrected chi connectivity index (χ3v) is 2.99. The van der Waals surface area contributed by atoms with Crippen LogP contribution in [0, 0.1) is 21.4 Å². The van der Waals surface area contributed by atoms with Gasteiger partial charge in [-0.15, -0.1) is 0 Å². The topological polar surface area (TPSA) is 88.6 Å². The lowest BCUT2D eigenvalue weighted by Crippen LogP contribution is -2.36. The summed E-state index contributed by atoms with van der Waals surface area (Å²) in [6, 6.07) is 6.74. The molecule has 1 aromatic carbocycles. The normalized spacial score (nSPS) is 14.7. The average molecular weight is 277 g/mol. The van der Waals surface area contributed by atoms with Crippen LogP contribution < -0.4 is 9.64 Å². The molecule has 0 saturated carbocycles. The first-order valence-electron chi connectivity index (χ1n) is 6.33. The van der Waals surface area contributed by atoms with Crippen molar-refractivity contribution in [1.29, 1.82) is 5.26 Å². The summed E-state index contributed by atoms with van der Waals surface area (Å²) in [5, 5.41) is 19.5. The lowest BCUT2D eigenvalue weighted by Gasteiger charge is -2.29. The number of nitriles is 1. The summed E-state index contributed by atoms with van der Waals surface area (Å²) in [5.74, 6) is 0.203. The molecule has 1 aromatic rings. The highest BCUT2D eigenvalue weighted by atomic mass is 16.6. The Morgan fingerprint density at radius 2 is 2.20 bits per heavy atom. The van der Waals surface area contributed by atoms with Crippen LogP contribution in [0.25, 0.3) is 0 Å². The van der Waals surface area contributed by atoms with Crippen LogP contribution in [0.4, 0.5) is 11.4 Å². The summed E-state index contributed by atoms with van der Waals surface area (Å²) >= 11 is 0. The fourth-order valence-corrected chi connectivity index (χ4v) is 1.99. The predicted octanol–water partition coefficient (Wildman–Crippen LogP) is 1.72. The molecule has 0 amide bonds. The lowest BCUT2D eigenvalue weighted by atomic mass is 10.2. The number of nitro benzene ring substituents is 1. The van der Waals surface area contributed by atoms with Gasteiger partial charge >= 0.3 is 5.69 Å². The van der Waals surface area contributed by atoms with Crippen molar-refractivity contribution in [1.82, 2.24) is 0 Å². The molecule has 1 aliphatic heterocycles. The van der Waals surface area contributed by atoms with Gasteiger partial charge in [-0.3, -0.25) is 10.1 Å². The van der Waals surface area contributed by atoms with Crippen LogP contribution in [0.2, 0.25) is 0 Å². The van der Waals surface area contributed by atoms with Crippen LogP contribution in [-0.4, -0.2) is 37.8 Å². The van der Waals surface area contributed by atoms with Crippen molar-refractivity contribution in [2.45, 2.75) is 6.42 Å². The van der Waals surface area contributed by atoms with Crippen molar-refractivity contribution < 1.29 is 14.4 Å². The zero-order valence-corrected chi connectivity index (χ0v) is 10.9. The van der Waals surface area contributed by atoms with Gasteiger partial charge in [0.1, 0.15) is 6.61 Å². The number of benzene rings is 1. The molecule has 0 aliphatic carbocycles. The molecule has 0 aromatic heterocycles. The lowest BCUT2D eigenvalue weighted by molar-refractivity contribution is -0.385. The van der Waals surface area contributed by atoms with Crippen LogP contribution in [-0.2, 0) is 4.74 Å². The van der Waals surface area contributed by atoms with Crippen molar-refractivity contribution in [3.05, 3.63) is 28.3 Å². The van der Waals surface area contributed by atoms with E-state index >= 15 is 0 Å². The smallest absolute Gasteiger partial charge is 0.311 e. The number of nitrogens with zero attached hydrogens (tertiary/aromatic N) is 3. The van der Waals surface area contributed by atoms with E-state index in [4.69, 9.17) is 14.7 Å². The Bertz CT molecular complexity index is 521. The molecule has 1 saturated heterocycles. The van der Waals surface area contributed by atoms with Crippen molar-refractivity contribution in [2.75, 3.05) is 37.8 Å². The van der Waals surface area contributed by atoms with Crippen molar-refractivity contribution in [2.24, 2.45) is 0 Å². The van der Waals surface area contributed by atoms with Gasteiger partial charge in [-0.25, -0.2) is 0 Å². The number of morpholine rings is 1. The number of ether oxygens (including phenoxy) is 2. The molecule has 7 heteroatoms. The molecule has 0 bridgehead atoms. The quantitative estimate of drug-likeness (QED) is 0.462. The summed E-state index contributed by atoms with van der Waals surface area (Å²) in [7, 11) is 0. The number of hydrogen-bond acceptors (Lipinski definition) is 6. The molecule has 0 radical (unpaired) electrons. The van der Waals surface area contributed by atoms with E-state index in [0.29, 0.717) is 13.2 Å². The molecular formula is C13H15N3O4. The van der Waals surface area contributed by atoms with Crippen LogP contribution >= 0.6 is 0 Å². The Morgan fingerprint density at radius 1 is 1.45 bits per heavy atom. The molecule has 20 heavy (non-hydrogen) atoms. The highest BCUT2D eigenvalue weighted by molar-refractivity contribution is 5.59. The molecule has 106 valence electrons. The maximum atomic E-state index is 11.0. The summed E-state index contributed by atoms with van der Waals surface area (Å²) in [6.07, 6.45) is 0.193. The molecule has 7 nitrogen and oxygen atoms in total. The van der Waals surface area contributed by atoms with E-state index in [9.17, 15) is 10.1 Å². The van der Waals surface area contributed by atoms with Crippen molar-refractivity contribution in [3.8, 4) is 11.8 Å².